The van der Waals surface area contributed by atoms with Crippen molar-refractivity contribution in [3.05, 3.63) is 23.8 Å². The Balaban J connectivity index is 2.61. The van der Waals surface area contributed by atoms with E-state index in [9.17, 15) is 9.90 Å². The second-order valence-corrected chi connectivity index (χ2v) is 4.28. The van der Waals surface area contributed by atoms with E-state index in [0.29, 0.717) is 25.2 Å². The maximum Gasteiger partial charge on any atom is 0.305 e. The van der Waals surface area contributed by atoms with Crippen molar-refractivity contribution in [2.45, 2.75) is 32.2 Å². The predicted molar refractivity (Wildman–Crippen MR) is 72.2 cm³/mol. The van der Waals surface area contributed by atoms with Crippen LogP contribution in [0.1, 0.15) is 25.3 Å². The van der Waals surface area contributed by atoms with Gasteiger partial charge >= 0.3 is 5.97 Å². The highest BCUT2D eigenvalue weighted by Crippen LogP contribution is 2.30. The molecular weight excluding hydrogens is 246 g/mol. The molecule has 0 aliphatic heterocycles. The highest BCUT2D eigenvalue weighted by molar-refractivity contribution is 5.69. The number of phenolic OH excluding ortho intramolecular Hbond substituents is 1. The number of para-hydroxylation sites is 1. The van der Waals surface area contributed by atoms with E-state index in [4.69, 9.17) is 10.5 Å². The molecule has 1 aromatic carbocycles. The van der Waals surface area contributed by atoms with E-state index in [1.54, 1.807) is 12.1 Å². The van der Waals surface area contributed by atoms with Gasteiger partial charge in [0, 0.05) is 12.5 Å². The van der Waals surface area contributed by atoms with Crippen molar-refractivity contribution in [1.82, 2.24) is 0 Å². The molecule has 19 heavy (non-hydrogen) atoms. The third kappa shape index (κ3) is 4.79. The topological polar surface area (TPSA) is 81.8 Å². The summed E-state index contributed by atoms with van der Waals surface area (Å²) in [6, 6.07) is 5.12. The van der Waals surface area contributed by atoms with Crippen molar-refractivity contribution in [3.63, 3.8) is 0 Å². The van der Waals surface area contributed by atoms with Gasteiger partial charge in [0.1, 0.15) is 0 Å². The molecule has 0 saturated carbocycles. The summed E-state index contributed by atoms with van der Waals surface area (Å²) in [5.74, 6) is 0.306. The van der Waals surface area contributed by atoms with E-state index in [-0.39, 0.29) is 24.2 Å². The van der Waals surface area contributed by atoms with Crippen LogP contribution in [0.4, 0.5) is 0 Å². The van der Waals surface area contributed by atoms with E-state index in [1.165, 1.54) is 7.11 Å². The number of carbonyl (C=O) groups is 1. The number of esters is 1. The lowest BCUT2D eigenvalue weighted by Crippen LogP contribution is -2.24. The van der Waals surface area contributed by atoms with Gasteiger partial charge in [0.25, 0.3) is 0 Å². The predicted octanol–water partition coefficient (Wildman–Crippen LogP) is 1.61. The van der Waals surface area contributed by atoms with Gasteiger partial charge in [-0.25, -0.2) is 0 Å². The summed E-state index contributed by atoms with van der Waals surface area (Å²) < 4.78 is 9.87. The lowest BCUT2D eigenvalue weighted by molar-refractivity contribution is -0.140. The highest BCUT2D eigenvalue weighted by Gasteiger charge is 2.13. The summed E-state index contributed by atoms with van der Waals surface area (Å²) >= 11 is 0. The highest BCUT2D eigenvalue weighted by atomic mass is 16.5. The number of ether oxygens (including phenoxy) is 2. The molecule has 0 spiro atoms. The van der Waals surface area contributed by atoms with Crippen molar-refractivity contribution in [1.29, 1.82) is 0 Å². The summed E-state index contributed by atoms with van der Waals surface area (Å²) in [7, 11) is 1.35. The van der Waals surface area contributed by atoms with Crippen LogP contribution in [0.15, 0.2) is 18.2 Å². The van der Waals surface area contributed by atoms with E-state index < -0.39 is 0 Å². The SMILES string of the molecule is CCOc1cccc(CC(N)CCC(=O)OC)c1O. The van der Waals surface area contributed by atoms with Crippen LogP contribution in [-0.4, -0.2) is 30.8 Å². The molecular formula is C14H21NO4. The molecule has 0 radical (unpaired) electrons. The normalized spacial score (nSPS) is 11.9. The first-order valence-electron chi connectivity index (χ1n) is 6.34. The van der Waals surface area contributed by atoms with Crippen molar-refractivity contribution in [3.8, 4) is 11.5 Å². The molecule has 0 bridgehead atoms. The van der Waals surface area contributed by atoms with Gasteiger partial charge in [-0.3, -0.25) is 4.79 Å². The van der Waals surface area contributed by atoms with Crippen LogP contribution >= 0.6 is 0 Å². The summed E-state index contributed by atoms with van der Waals surface area (Å²) in [6.07, 6.45) is 1.29. The lowest BCUT2D eigenvalue weighted by atomic mass is 10.0. The number of aromatic hydroxyl groups is 1. The van der Waals surface area contributed by atoms with E-state index in [0.717, 1.165) is 5.56 Å². The van der Waals surface area contributed by atoms with Gasteiger partial charge in [0.2, 0.25) is 0 Å². The van der Waals surface area contributed by atoms with Gasteiger partial charge in [-0.2, -0.15) is 0 Å². The summed E-state index contributed by atoms with van der Waals surface area (Å²) in [6.45, 7) is 2.35. The fourth-order valence-corrected chi connectivity index (χ4v) is 1.79. The Morgan fingerprint density at radius 1 is 1.47 bits per heavy atom. The molecule has 1 unspecified atom stereocenters. The van der Waals surface area contributed by atoms with Gasteiger partial charge in [-0.15, -0.1) is 0 Å². The van der Waals surface area contributed by atoms with Crippen LogP contribution in [0.5, 0.6) is 11.5 Å². The Bertz CT molecular complexity index is 420. The quantitative estimate of drug-likeness (QED) is 0.733. The van der Waals surface area contributed by atoms with Gasteiger partial charge < -0.3 is 20.3 Å². The minimum absolute atomic E-state index is 0.123. The zero-order valence-electron chi connectivity index (χ0n) is 11.4. The van der Waals surface area contributed by atoms with Gasteiger partial charge in [-0.05, 0) is 31.4 Å². The van der Waals surface area contributed by atoms with Crippen LogP contribution in [0.3, 0.4) is 0 Å². The molecule has 1 atom stereocenters. The molecule has 106 valence electrons. The molecule has 3 N–H and O–H groups in total. The molecule has 5 nitrogen and oxygen atoms in total. The Hall–Kier alpha value is -1.75. The third-order valence-electron chi connectivity index (χ3n) is 2.81. The largest absolute Gasteiger partial charge is 0.504 e. The average Bonchev–Trinajstić information content (AvgIpc) is 2.40. The minimum Gasteiger partial charge on any atom is -0.504 e. The summed E-state index contributed by atoms with van der Waals surface area (Å²) in [4.78, 5) is 11.0. The van der Waals surface area contributed by atoms with E-state index in [2.05, 4.69) is 4.74 Å². The number of nitrogens with two attached hydrogens (primary N) is 1. The minimum atomic E-state index is -0.275. The lowest BCUT2D eigenvalue weighted by Gasteiger charge is -2.14. The molecule has 1 aromatic rings. The summed E-state index contributed by atoms with van der Waals surface area (Å²) in [5, 5.41) is 10.0. The summed E-state index contributed by atoms with van der Waals surface area (Å²) in [5.41, 5.74) is 6.67. The number of hydrogen-bond acceptors (Lipinski definition) is 5. The van der Waals surface area contributed by atoms with Crippen LogP contribution in [0.2, 0.25) is 0 Å². The molecule has 0 amide bonds. The molecule has 0 saturated heterocycles. The second kappa shape index (κ2) is 7.63. The van der Waals surface area contributed by atoms with Crippen molar-refractivity contribution < 1.29 is 19.4 Å². The Kier molecular flexibility index (Phi) is 6.15. The third-order valence-corrected chi connectivity index (χ3v) is 2.81. The number of benzene rings is 1. The second-order valence-electron chi connectivity index (χ2n) is 4.28. The van der Waals surface area contributed by atoms with Crippen LogP contribution < -0.4 is 10.5 Å². The van der Waals surface area contributed by atoms with Crippen molar-refractivity contribution in [2.24, 2.45) is 5.73 Å². The first-order chi connectivity index (χ1) is 9.08. The number of phenols is 1. The van der Waals surface area contributed by atoms with E-state index in [1.807, 2.05) is 13.0 Å². The number of rotatable bonds is 7. The van der Waals surface area contributed by atoms with Crippen molar-refractivity contribution >= 4 is 5.97 Å². The van der Waals surface area contributed by atoms with E-state index >= 15 is 0 Å². The fraction of sp³-hybridized carbons (Fsp3) is 0.500. The maximum atomic E-state index is 11.0. The van der Waals surface area contributed by atoms with Crippen LogP contribution in [0, 0.1) is 0 Å². The Morgan fingerprint density at radius 2 is 2.21 bits per heavy atom. The zero-order chi connectivity index (χ0) is 14.3. The zero-order valence-corrected chi connectivity index (χ0v) is 11.4. The molecule has 0 aromatic heterocycles. The van der Waals surface area contributed by atoms with Gasteiger partial charge in [0.05, 0.1) is 13.7 Å². The van der Waals surface area contributed by atoms with Gasteiger partial charge in [0.15, 0.2) is 11.5 Å². The van der Waals surface area contributed by atoms with Crippen LogP contribution in [-0.2, 0) is 16.0 Å². The Labute approximate surface area is 113 Å². The number of carbonyl (C=O) groups excluding carboxylic acids is 1. The van der Waals surface area contributed by atoms with Crippen LogP contribution in [0.25, 0.3) is 0 Å². The number of hydrogen-bond donors (Lipinski definition) is 2. The molecule has 0 heterocycles. The van der Waals surface area contributed by atoms with Gasteiger partial charge in [-0.1, -0.05) is 12.1 Å². The molecule has 1 rings (SSSR count). The monoisotopic (exact) mass is 267 g/mol. The first-order valence-corrected chi connectivity index (χ1v) is 6.34. The smallest absolute Gasteiger partial charge is 0.305 e. The number of methoxy groups -OCH3 is 1. The molecule has 0 aliphatic carbocycles. The first kappa shape index (κ1) is 15.3. The maximum absolute atomic E-state index is 11.0. The Morgan fingerprint density at radius 3 is 2.84 bits per heavy atom. The molecule has 5 heteroatoms. The average molecular weight is 267 g/mol. The fourth-order valence-electron chi connectivity index (χ4n) is 1.79. The molecule has 0 aliphatic rings. The standard InChI is InChI=1S/C14H21NO4/c1-3-19-12-6-4-5-10(14(12)17)9-11(15)7-8-13(16)18-2/h4-6,11,17H,3,7-9,15H2,1-2H3. The van der Waals surface area contributed by atoms with Crippen molar-refractivity contribution in [2.75, 3.05) is 13.7 Å². The molecule has 0 fully saturated rings.